The highest BCUT2D eigenvalue weighted by Gasteiger charge is 2.12. The van der Waals surface area contributed by atoms with Crippen molar-refractivity contribution in [3.05, 3.63) is 17.5 Å². The Morgan fingerprint density at radius 1 is 1.33 bits per heavy atom. The summed E-state index contributed by atoms with van der Waals surface area (Å²) in [5, 5.41) is 4.56. The maximum Gasteiger partial charge on any atom is 0.180 e. The van der Waals surface area contributed by atoms with E-state index in [0.717, 1.165) is 18.2 Å². The topological polar surface area (TPSA) is 52.8 Å². The van der Waals surface area contributed by atoms with Crippen LogP contribution >= 0.6 is 11.6 Å². The molecule has 0 aromatic carbocycles. The minimum atomic E-state index is -1.05. The van der Waals surface area contributed by atoms with Crippen molar-refractivity contribution in [1.82, 2.24) is 19.7 Å². The van der Waals surface area contributed by atoms with Crippen molar-refractivity contribution in [2.45, 2.75) is 32.4 Å². The average molecular weight is 285 g/mol. The molecular formula is C11H17ClN4OSi. The van der Waals surface area contributed by atoms with Crippen molar-refractivity contribution in [3.63, 3.8) is 0 Å². The number of ether oxygens (including phenoxy) is 1. The van der Waals surface area contributed by atoms with E-state index in [9.17, 15) is 0 Å². The molecule has 7 heteroatoms. The smallest absolute Gasteiger partial charge is 0.180 e. The van der Waals surface area contributed by atoms with Gasteiger partial charge in [-0.15, -0.1) is 0 Å². The van der Waals surface area contributed by atoms with Crippen molar-refractivity contribution >= 4 is 30.8 Å². The van der Waals surface area contributed by atoms with Crippen LogP contribution in [-0.4, -0.2) is 34.4 Å². The summed E-state index contributed by atoms with van der Waals surface area (Å²) in [6, 6.07) is 1.14. The molecule has 2 aromatic heterocycles. The van der Waals surface area contributed by atoms with Crippen LogP contribution < -0.4 is 0 Å². The first-order chi connectivity index (χ1) is 8.46. The van der Waals surface area contributed by atoms with E-state index in [0.29, 0.717) is 17.5 Å². The summed E-state index contributed by atoms with van der Waals surface area (Å²) in [6.45, 7) is 8.12. The van der Waals surface area contributed by atoms with Crippen LogP contribution in [0.1, 0.15) is 0 Å². The summed E-state index contributed by atoms with van der Waals surface area (Å²) in [5.41, 5.74) is 1.39. The zero-order chi connectivity index (χ0) is 13.2. The molecule has 0 aliphatic heterocycles. The fourth-order valence-electron chi connectivity index (χ4n) is 1.45. The summed E-state index contributed by atoms with van der Waals surface area (Å²) in [7, 11) is -1.05. The summed E-state index contributed by atoms with van der Waals surface area (Å²) >= 11 is 5.82. The van der Waals surface area contributed by atoms with E-state index >= 15 is 0 Å². The van der Waals surface area contributed by atoms with Crippen LogP contribution in [0.4, 0.5) is 0 Å². The van der Waals surface area contributed by atoms with Gasteiger partial charge in [0.1, 0.15) is 17.4 Å². The second kappa shape index (κ2) is 5.34. The number of rotatable bonds is 5. The van der Waals surface area contributed by atoms with Crippen LogP contribution in [0, 0.1) is 0 Å². The van der Waals surface area contributed by atoms with Crippen LogP contribution in [0.25, 0.3) is 11.2 Å². The van der Waals surface area contributed by atoms with Crippen LogP contribution in [0.15, 0.2) is 12.4 Å². The van der Waals surface area contributed by atoms with Gasteiger partial charge in [-0.1, -0.05) is 31.2 Å². The predicted octanol–water partition coefficient (Wildman–Crippen LogP) is 2.79. The first kappa shape index (κ1) is 13.4. The standard InChI is InChI=1S/C11H17ClN4OSi/c1-18(2,3)5-4-17-8-16-11-9(6-14-16)13-7-10(12)15-11/h6-7H,4-5,8H2,1-3H3. The Labute approximate surface area is 112 Å². The highest BCUT2D eigenvalue weighted by Crippen LogP contribution is 2.12. The minimum Gasteiger partial charge on any atom is -0.359 e. The van der Waals surface area contributed by atoms with E-state index in [-0.39, 0.29) is 0 Å². The van der Waals surface area contributed by atoms with Crippen LogP contribution in [0.3, 0.4) is 0 Å². The van der Waals surface area contributed by atoms with E-state index in [1.807, 2.05) is 0 Å². The molecule has 18 heavy (non-hydrogen) atoms. The van der Waals surface area contributed by atoms with Crippen LogP contribution in [0.5, 0.6) is 0 Å². The third-order valence-corrected chi connectivity index (χ3v) is 4.41. The molecule has 0 saturated carbocycles. The number of halogens is 1. The molecule has 2 rings (SSSR count). The molecule has 0 aliphatic rings. The fourth-order valence-corrected chi connectivity index (χ4v) is 2.34. The number of aromatic nitrogens is 4. The van der Waals surface area contributed by atoms with Gasteiger partial charge in [-0.2, -0.15) is 5.10 Å². The van der Waals surface area contributed by atoms with Crippen molar-refractivity contribution in [3.8, 4) is 0 Å². The highest BCUT2D eigenvalue weighted by atomic mass is 35.5. The van der Waals surface area contributed by atoms with Gasteiger partial charge in [0.15, 0.2) is 5.65 Å². The second-order valence-corrected chi connectivity index (χ2v) is 11.4. The fraction of sp³-hybridized carbons (Fsp3) is 0.545. The Balaban J connectivity index is 1.98. The molecule has 0 radical (unpaired) electrons. The highest BCUT2D eigenvalue weighted by molar-refractivity contribution is 6.76. The summed E-state index contributed by atoms with van der Waals surface area (Å²) in [6.07, 6.45) is 3.18. The first-order valence-corrected chi connectivity index (χ1v) is 9.96. The van der Waals surface area contributed by atoms with Crippen molar-refractivity contribution in [2.75, 3.05) is 6.61 Å². The predicted molar refractivity (Wildman–Crippen MR) is 74.4 cm³/mol. The second-order valence-electron chi connectivity index (χ2n) is 5.39. The van der Waals surface area contributed by atoms with Gasteiger partial charge in [-0.25, -0.2) is 14.6 Å². The zero-order valence-electron chi connectivity index (χ0n) is 10.9. The summed E-state index contributed by atoms with van der Waals surface area (Å²) in [4.78, 5) is 8.34. The molecule has 0 bridgehead atoms. The van der Waals surface area contributed by atoms with E-state index in [1.165, 1.54) is 6.20 Å². The lowest BCUT2D eigenvalue weighted by Crippen LogP contribution is -2.22. The summed E-state index contributed by atoms with van der Waals surface area (Å²) in [5.74, 6) is 0. The Kier molecular flexibility index (Phi) is 3.99. The lowest BCUT2D eigenvalue weighted by Gasteiger charge is -2.15. The van der Waals surface area contributed by atoms with Gasteiger partial charge in [-0.05, 0) is 6.04 Å². The Morgan fingerprint density at radius 3 is 2.83 bits per heavy atom. The number of fused-ring (bicyclic) bond motifs is 1. The maximum absolute atomic E-state index is 5.82. The molecule has 0 fully saturated rings. The molecule has 0 N–H and O–H groups in total. The average Bonchev–Trinajstić information content (AvgIpc) is 2.66. The van der Waals surface area contributed by atoms with Gasteiger partial charge in [-0.3, -0.25) is 0 Å². The number of hydrogen-bond donors (Lipinski definition) is 0. The minimum absolute atomic E-state index is 0.367. The van der Waals surface area contributed by atoms with Gasteiger partial charge >= 0.3 is 0 Å². The largest absolute Gasteiger partial charge is 0.359 e. The van der Waals surface area contributed by atoms with Crippen molar-refractivity contribution in [1.29, 1.82) is 0 Å². The van der Waals surface area contributed by atoms with Crippen LogP contribution in [0.2, 0.25) is 30.8 Å². The van der Waals surface area contributed by atoms with Gasteiger partial charge in [0.25, 0.3) is 0 Å². The molecular weight excluding hydrogens is 268 g/mol. The first-order valence-electron chi connectivity index (χ1n) is 5.87. The van der Waals surface area contributed by atoms with Crippen molar-refractivity contribution < 1.29 is 4.74 Å². The van der Waals surface area contributed by atoms with Crippen LogP contribution in [-0.2, 0) is 11.5 Å². The van der Waals surface area contributed by atoms with E-state index in [4.69, 9.17) is 16.3 Å². The number of nitrogens with zero attached hydrogens (tertiary/aromatic N) is 4. The van der Waals surface area contributed by atoms with Gasteiger partial charge in [0, 0.05) is 14.7 Å². The van der Waals surface area contributed by atoms with Gasteiger partial charge in [0.05, 0.1) is 12.4 Å². The monoisotopic (exact) mass is 284 g/mol. The lowest BCUT2D eigenvalue weighted by atomic mass is 10.5. The molecule has 0 unspecified atom stereocenters. The quantitative estimate of drug-likeness (QED) is 0.626. The SMILES string of the molecule is C[Si](C)(C)CCOCn1ncc2ncc(Cl)nc21. The molecule has 2 heterocycles. The van der Waals surface area contributed by atoms with E-state index in [2.05, 4.69) is 34.7 Å². The normalized spacial score (nSPS) is 12.2. The third kappa shape index (κ3) is 3.50. The van der Waals surface area contributed by atoms with Gasteiger partial charge < -0.3 is 4.74 Å². The maximum atomic E-state index is 5.82. The molecule has 98 valence electrons. The van der Waals surface area contributed by atoms with Gasteiger partial charge in [0.2, 0.25) is 0 Å². The Morgan fingerprint density at radius 2 is 2.11 bits per heavy atom. The van der Waals surface area contributed by atoms with E-state index in [1.54, 1.807) is 10.9 Å². The Bertz CT molecular complexity index is 537. The molecule has 0 saturated heterocycles. The third-order valence-electron chi connectivity index (χ3n) is 2.53. The zero-order valence-corrected chi connectivity index (χ0v) is 12.6. The lowest BCUT2D eigenvalue weighted by molar-refractivity contribution is 0.0813. The summed E-state index contributed by atoms with van der Waals surface area (Å²) < 4.78 is 7.31. The Hall–Kier alpha value is -0.983. The van der Waals surface area contributed by atoms with Crippen molar-refractivity contribution in [2.24, 2.45) is 0 Å². The molecule has 0 spiro atoms. The molecule has 5 nitrogen and oxygen atoms in total. The molecule has 0 aliphatic carbocycles. The molecule has 0 atom stereocenters. The van der Waals surface area contributed by atoms with E-state index < -0.39 is 8.07 Å². The molecule has 2 aromatic rings. The number of hydrogen-bond acceptors (Lipinski definition) is 4. The molecule has 0 amide bonds.